The number of hydrogen-bond acceptors (Lipinski definition) is 6. The van der Waals surface area contributed by atoms with Crippen molar-refractivity contribution in [3.63, 3.8) is 0 Å². The molecule has 0 N–H and O–H groups in total. The van der Waals surface area contributed by atoms with E-state index in [1.807, 2.05) is 20.8 Å². The van der Waals surface area contributed by atoms with Crippen molar-refractivity contribution in [1.29, 1.82) is 0 Å². The number of rotatable bonds is 5. The number of methoxy groups -OCH3 is 1. The summed E-state index contributed by atoms with van der Waals surface area (Å²) in [4.78, 5) is 17.1. The maximum absolute atomic E-state index is 11.7. The topological polar surface area (TPSA) is 70.2 Å². The summed E-state index contributed by atoms with van der Waals surface area (Å²) >= 11 is 1.27. The minimum absolute atomic E-state index is 0.0556. The Morgan fingerprint density at radius 3 is 2.79 bits per heavy atom. The highest BCUT2D eigenvalue weighted by Crippen LogP contribution is 2.13. The standard InChI is InChI=1S/C12H17N3O3S/c1-7-9(3)19-12(16)15(7)6-5-10-13-11(14-18-10)8(2)17-4/h8H,5-6H2,1-4H3/t8-/m0/s1. The molecular weight excluding hydrogens is 266 g/mol. The first kappa shape index (κ1) is 14.0. The van der Waals surface area contributed by atoms with Crippen molar-refractivity contribution in [2.75, 3.05) is 7.11 Å². The van der Waals surface area contributed by atoms with Crippen LogP contribution in [0, 0.1) is 13.8 Å². The molecule has 0 saturated heterocycles. The first-order chi connectivity index (χ1) is 9.02. The van der Waals surface area contributed by atoms with Gasteiger partial charge in [-0.25, -0.2) is 0 Å². The molecule has 2 rings (SSSR count). The summed E-state index contributed by atoms with van der Waals surface area (Å²) in [5, 5.41) is 3.85. The van der Waals surface area contributed by atoms with E-state index in [1.165, 1.54) is 11.3 Å². The SMILES string of the molecule is CO[C@@H](C)c1noc(CCn2c(C)c(C)sc2=O)n1. The van der Waals surface area contributed by atoms with E-state index in [-0.39, 0.29) is 11.0 Å². The second kappa shape index (κ2) is 5.66. The van der Waals surface area contributed by atoms with E-state index in [4.69, 9.17) is 9.26 Å². The predicted octanol–water partition coefficient (Wildman–Crippen LogP) is 1.86. The molecule has 0 radical (unpaired) electrons. The van der Waals surface area contributed by atoms with Crippen LogP contribution in [0.3, 0.4) is 0 Å². The molecule has 6 nitrogen and oxygen atoms in total. The van der Waals surface area contributed by atoms with E-state index in [1.54, 1.807) is 11.7 Å². The fourth-order valence-corrected chi connectivity index (χ4v) is 2.55. The molecule has 0 aliphatic heterocycles. The molecule has 0 saturated carbocycles. The van der Waals surface area contributed by atoms with Crippen molar-refractivity contribution in [3.8, 4) is 0 Å². The van der Waals surface area contributed by atoms with Crippen LogP contribution in [-0.4, -0.2) is 21.8 Å². The Morgan fingerprint density at radius 1 is 1.47 bits per heavy atom. The minimum atomic E-state index is -0.189. The zero-order chi connectivity index (χ0) is 14.0. The van der Waals surface area contributed by atoms with E-state index in [0.29, 0.717) is 24.7 Å². The number of nitrogens with zero attached hydrogens (tertiary/aromatic N) is 3. The van der Waals surface area contributed by atoms with E-state index >= 15 is 0 Å². The van der Waals surface area contributed by atoms with Crippen LogP contribution in [0.5, 0.6) is 0 Å². The zero-order valence-corrected chi connectivity index (χ0v) is 12.3. The molecule has 2 aromatic heterocycles. The summed E-state index contributed by atoms with van der Waals surface area (Å²) in [5.74, 6) is 1.05. The smallest absolute Gasteiger partial charge is 0.307 e. The number of aryl methyl sites for hydroxylation is 2. The fourth-order valence-electron chi connectivity index (χ4n) is 1.69. The third kappa shape index (κ3) is 2.93. The van der Waals surface area contributed by atoms with Gasteiger partial charge in [0.2, 0.25) is 5.89 Å². The van der Waals surface area contributed by atoms with Gasteiger partial charge in [-0.15, -0.1) is 0 Å². The highest BCUT2D eigenvalue weighted by Gasteiger charge is 2.14. The molecule has 0 spiro atoms. The van der Waals surface area contributed by atoms with Crippen LogP contribution >= 0.6 is 11.3 Å². The van der Waals surface area contributed by atoms with Crippen LogP contribution in [0.2, 0.25) is 0 Å². The molecule has 19 heavy (non-hydrogen) atoms. The van der Waals surface area contributed by atoms with Crippen LogP contribution in [0.1, 0.15) is 35.3 Å². The minimum Gasteiger partial charge on any atom is -0.374 e. The Morgan fingerprint density at radius 2 is 2.21 bits per heavy atom. The number of hydrogen-bond donors (Lipinski definition) is 0. The van der Waals surface area contributed by atoms with Gasteiger partial charge in [0.25, 0.3) is 0 Å². The molecule has 0 aliphatic carbocycles. The maximum atomic E-state index is 11.7. The molecule has 104 valence electrons. The van der Waals surface area contributed by atoms with Gasteiger partial charge in [0.05, 0.1) is 0 Å². The normalized spacial score (nSPS) is 12.8. The first-order valence-corrected chi connectivity index (χ1v) is 6.86. The molecule has 2 heterocycles. The lowest BCUT2D eigenvalue weighted by Gasteiger charge is -2.02. The predicted molar refractivity (Wildman–Crippen MR) is 71.5 cm³/mol. The average molecular weight is 283 g/mol. The van der Waals surface area contributed by atoms with Gasteiger partial charge in [-0.2, -0.15) is 4.98 Å². The van der Waals surface area contributed by atoms with Crippen molar-refractivity contribution in [2.45, 2.75) is 39.8 Å². The van der Waals surface area contributed by atoms with Crippen LogP contribution in [0.4, 0.5) is 0 Å². The van der Waals surface area contributed by atoms with Crippen molar-refractivity contribution < 1.29 is 9.26 Å². The average Bonchev–Trinajstić information content (AvgIpc) is 2.94. The van der Waals surface area contributed by atoms with Gasteiger partial charge in [0, 0.05) is 30.6 Å². The van der Waals surface area contributed by atoms with Gasteiger partial charge in [0.15, 0.2) is 5.82 Å². The second-order valence-electron chi connectivity index (χ2n) is 4.34. The van der Waals surface area contributed by atoms with Crippen molar-refractivity contribution in [2.24, 2.45) is 0 Å². The Hall–Kier alpha value is -1.47. The molecule has 0 bridgehead atoms. The van der Waals surface area contributed by atoms with Crippen LogP contribution in [-0.2, 0) is 17.7 Å². The Balaban J connectivity index is 2.06. The van der Waals surface area contributed by atoms with Gasteiger partial charge < -0.3 is 13.8 Å². The summed E-state index contributed by atoms with van der Waals surface area (Å²) in [6, 6.07) is 0. The summed E-state index contributed by atoms with van der Waals surface area (Å²) in [6.45, 7) is 6.30. The fraction of sp³-hybridized carbons (Fsp3) is 0.583. The van der Waals surface area contributed by atoms with Gasteiger partial charge in [-0.05, 0) is 20.8 Å². The highest BCUT2D eigenvalue weighted by atomic mass is 32.1. The monoisotopic (exact) mass is 283 g/mol. The number of ether oxygens (including phenoxy) is 1. The van der Waals surface area contributed by atoms with Crippen LogP contribution < -0.4 is 4.87 Å². The van der Waals surface area contributed by atoms with Crippen molar-refractivity contribution in [3.05, 3.63) is 32.0 Å². The third-order valence-electron chi connectivity index (χ3n) is 3.13. The van der Waals surface area contributed by atoms with E-state index in [0.717, 1.165) is 10.6 Å². The van der Waals surface area contributed by atoms with Gasteiger partial charge in [-0.1, -0.05) is 16.5 Å². The summed E-state index contributed by atoms with van der Waals surface area (Å²) in [7, 11) is 1.59. The Labute approximate surface area is 115 Å². The molecular formula is C12H17N3O3S. The van der Waals surface area contributed by atoms with Gasteiger partial charge in [0.1, 0.15) is 6.10 Å². The lowest BCUT2D eigenvalue weighted by Crippen LogP contribution is -2.16. The highest BCUT2D eigenvalue weighted by molar-refractivity contribution is 7.09. The van der Waals surface area contributed by atoms with Gasteiger partial charge >= 0.3 is 4.87 Å². The molecule has 7 heteroatoms. The number of aromatic nitrogens is 3. The largest absolute Gasteiger partial charge is 0.374 e. The van der Waals surface area contributed by atoms with Crippen LogP contribution in [0.25, 0.3) is 0 Å². The van der Waals surface area contributed by atoms with E-state index in [9.17, 15) is 4.79 Å². The molecule has 0 amide bonds. The zero-order valence-electron chi connectivity index (χ0n) is 11.5. The summed E-state index contributed by atoms with van der Waals surface area (Å²) in [6.07, 6.45) is 0.353. The molecule has 1 atom stereocenters. The molecule has 0 aliphatic rings. The van der Waals surface area contributed by atoms with Crippen molar-refractivity contribution in [1.82, 2.24) is 14.7 Å². The Kier molecular flexibility index (Phi) is 4.16. The maximum Gasteiger partial charge on any atom is 0.307 e. The van der Waals surface area contributed by atoms with E-state index in [2.05, 4.69) is 10.1 Å². The molecule has 0 fully saturated rings. The second-order valence-corrected chi connectivity index (χ2v) is 5.50. The van der Waals surface area contributed by atoms with E-state index < -0.39 is 0 Å². The summed E-state index contributed by atoms with van der Waals surface area (Å²) < 4.78 is 12.0. The van der Waals surface area contributed by atoms with Gasteiger partial charge in [-0.3, -0.25) is 4.79 Å². The molecule has 2 aromatic rings. The summed E-state index contributed by atoms with van der Waals surface area (Å²) in [5.41, 5.74) is 1.000. The molecule has 0 aromatic carbocycles. The number of thiazole rings is 1. The lowest BCUT2D eigenvalue weighted by atomic mass is 10.3. The lowest BCUT2D eigenvalue weighted by molar-refractivity contribution is 0.109. The molecule has 0 unspecified atom stereocenters. The van der Waals surface area contributed by atoms with Crippen LogP contribution in [0.15, 0.2) is 9.32 Å². The first-order valence-electron chi connectivity index (χ1n) is 6.05. The quantitative estimate of drug-likeness (QED) is 0.837. The third-order valence-corrected chi connectivity index (χ3v) is 4.12. The van der Waals surface area contributed by atoms with Crippen molar-refractivity contribution >= 4 is 11.3 Å². The Bertz CT molecular complexity index is 614.